The van der Waals surface area contributed by atoms with E-state index < -0.39 is 5.60 Å². The molecule has 2 unspecified atom stereocenters. The van der Waals surface area contributed by atoms with Gasteiger partial charge in [0.05, 0.1) is 5.60 Å². The molecule has 3 rings (SSSR count). The first-order valence-corrected chi connectivity index (χ1v) is 9.42. The van der Waals surface area contributed by atoms with Crippen LogP contribution in [0.4, 0.5) is 0 Å². The molecule has 0 aromatic heterocycles. The van der Waals surface area contributed by atoms with Crippen LogP contribution in [0.5, 0.6) is 5.75 Å². The van der Waals surface area contributed by atoms with Gasteiger partial charge in [0.1, 0.15) is 5.75 Å². The fraction of sp³-hybridized carbons (Fsp3) is 0.455. The number of hydrogen-bond donors (Lipinski definition) is 2. The molecule has 1 saturated heterocycles. The fourth-order valence-corrected chi connectivity index (χ4v) is 4.02. The Kier molecular flexibility index (Phi) is 7.51. The summed E-state index contributed by atoms with van der Waals surface area (Å²) >= 11 is 0. The predicted molar refractivity (Wildman–Crippen MR) is 109 cm³/mol. The van der Waals surface area contributed by atoms with Gasteiger partial charge in [-0.15, -0.1) is 12.4 Å². The summed E-state index contributed by atoms with van der Waals surface area (Å²) in [5.41, 5.74) is 1.09. The highest BCUT2D eigenvalue weighted by Gasteiger charge is 2.39. The van der Waals surface area contributed by atoms with E-state index in [0.717, 1.165) is 25.2 Å². The van der Waals surface area contributed by atoms with Crippen molar-refractivity contribution in [1.82, 2.24) is 4.90 Å². The van der Waals surface area contributed by atoms with Crippen molar-refractivity contribution in [2.45, 2.75) is 44.1 Å². The summed E-state index contributed by atoms with van der Waals surface area (Å²) in [6.45, 7) is 5.12. The van der Waals surface area contributed by atoms with Crippen molar-refractivity contribution < 1.29 is 10.2 Å². The van der Waals surface area contributed by atoms with Gasteiger partial charge in [0, 0.05) is 12.5 Å². The highest BCUT2D eigenvalue weighted by Crippen LogP contribution is 2.41. The van der Waals surface area contributed by atoms with Gasteiger partial charge in [0.25, 0.3) is 0 Å². The van der Waals surface area contributed by atoms with E-state index in [4.69, 9.17) is 0 Å². The fourth-order valence-electron chi connectivity index (χ4n) is 4.02. The number of nitrogens with zero attached hydrogens (tertiary/aromatic N) is 1. The Hall–Kier alpha value is -1.55. The Morgan fingerprint density at radius 1 is 0.962 bits per heavy atom. The summed E-state index contributed by atoms with van der Waals surface area (Å²) in [5, 5.41) is 21.3. The molecule has 0 amide bonds. The Bertz CT molecular complexity index is 656. The van der Waals surface area contributed by atoms with E-state index >= 15 is 0 Å². The Balaban J connectivity index is 0.00000243. The van der Waals surface area contributed by atoms with Crippen molar-refractivity contribution in [3.05, 3.63) is 65.7 Å². The van der Waals surface area contributed by atoms with E-state index in [1.165, 1.54) is 24.8 Å². The van der Waals surface area contributed by atoms with Crippen LogP contribution in [-0.4, -0.2) is 34.7 Å². The third-order valence-corrected chi connectivity index (χ3v) is 5.57. The number of likely N-dealkylation sites (tertiary alicyclic amines) is 1. The lowest BCUT2D eigenvalue weighted by atomic mass is 9.75. The highest BCUT2D eigenvalue weighted by atomic mass is 35.5. The number of phenols is 1. The minimum absolute atomic E-state index is 0. The first kappa shape index (κ1) is 20.8. The molecule has 142 valence electrons. The predicted octanol–water partition coefficient (Wildman–Crippen LogP) is 4.68. The lowest BCUT2D eigenvalue weighted by Gasteiger charge is -2.40. The molecular formula is C22H30ClNO2. The van der Waals surface area contributed by atoms with Gasteiger partial charge < -0.3 is 15.1 Å². The van der Waals surface area contributed by atoms with E-state index in [2.05, 4.69) is 17.0 Å². The second-order valence-electron chi connectivity index (χ2n) is 7.15. The molecule has 4 heteroatoms. The van der Waals surface area contributed by atoms with Gasteiger partial charge in [-0.2, -0.15) is 0 Å². The molecule has 2 N–H and O–H groups in total. The molecule has 1 aliphatic heterocycles. The number of hydrogen-bond acceptors (Lipinski definition) is 3. The van der Waals surface area contributed by atoms with Crippen molar-refractivity contribution in [3.63, 3.8) is 0 Å². The average Bonchev–Trinajstić information content (AvgIpc) is 2.67. The maximum atomic E-state index is 11.7. The van der Waals surface area contributed by atoms with Crippen LogP contribution < -0.4 is 0 Å². The number of piperidine rings is 1. The number of phenolic OH excluding ortho intramolecular Hbond substituents is 1. The Morgan fingerprint density at radius 3 is 2.15 bits per heavy atom. The molecule has 2 atom stereocenters. The van der Waals surface area contributed by atoms with Crippen LogP contribution >= 0.6 is 12.4 Å². The molecule has 1 heterocycles. The first-order valence-electron chi connectivity index (χ1n) is 9.42. The molecule has 2 aromatic rings. The molecule has 26 heavy (non-hydrogen) atoms. The maximum Gasteiger partial charge on any atom is 0.115 e. The molecule has 0 bridgehead atoms. The molecule has 1 aliphatic rings. The zero-order valence-corrected chi connectivity index (χ0v) is 16.3. The van der Waals surface area contributed by atoms with Crippen LogP contribution in [0.25, 0.3) is 0 Å². The SMILES string of the molecule is CCC(O)(c1ccc(O)cc1)C(CN1CCCCC1)c1ccccc1.Cl. The molecule has 0 aliphatic carbocycles. The van der Waals surface area contributed by atoms with Gasteiger partial charge in [-0.05, 0) is 55.6 Å². The normalized spacial score (nSPS) is 18.5. The lowest BCUT2D eigenvalue weighted by molar-refractivity contribution is -0.0105. The van der Waals surface area contributed by atoms with Gasteiger partial charge >= 0.3 is 0 Å². The van der Waals surface area contributed by atoms with Gasteiger partial charge in [-0.3, -0.25) is 0 Å². The minimum atomic E-state index is -0.952. The van der Waals surface area contributed by atoms with E-state index in [-0.39, 0.29) is 24.1 Å². The molecule has 0 saturated carbocycles. The minimum Gasteiger partial charge on any atom is -0.508 e. The third kappa shape index (κ3) is 4.59. The second kappa shape index (κ2) is 9.40. The molecular weight excluding hydrogens is 346 g/mol. The van der Waals surface area contributed by atoms with E-state index in [0.29, 0.717) is 6.42 Å². The van der Waals surface area contributed by atoms with Gasteiger partial charge in [-0.25, -0.2) is 0 Å². The summed E-state index contributed by atoms with van der Waals surface area (Å²) in [6, 6.07) is 17.4. The van der Waals surface area contributed by atoms with Crippen LogP contribution in [0.2, 0.25) is 0 Å². The smallest absolute Gasteiger partial charge is 0.115 e. The second-order valence-corrected chi connectivity index (χ2v) is 7.15. The summed E-state index contributed by atoms with van der Waals surface area (Å²) in [7, 11) is 0. The molecule has 0 spiro atoms. The zero-order valence-electron chi connectivity index (χ0n) is 15.5. The van der Waals surface area contributed by atoms with Gasteiger partial charge in [0.15, 0.2) is 0 Å². The van der Waals surface area contributed by atoms with Crippen LogP contribution in [0.1, 0.15) is 49.7 Å². The van der Waals surface area contributed by atoms with Crippen molar-refractivity contribution >= 4 is 12.4 Å². The number of halogens is 1. The van der Waals surface area contributed by atoms with Crippen molar-refractivity contribution in [2.75, 3.05) is 19.6 Å². The number of rotatable bonds is 6. The van der Waals surface area contributed by atoms with Gasteiger partial charge in [0.2, 0.25) is 0 Å². The summed E-state index contributed by atoms with van der Waals surface area (Å²) in [4.78, 5) is 2.49. The Labute approximate surface area is 163 Å². The number of benzene rings is 2. The van der Waals surface area contributed by atoms with Crippen LogP contribution in [0, 0.1) is 0 Å². The average molecular weight is 376 g/mol. The quantitative estimate of drug-likeness (QED) is 0.770. The summed E-state index contributed by atoms with van der Waals surface area (Å²) < 4.78 is 0. The summed E-state index contributed by atoms with van der Waals surface area (Å²) in [6.07, 6.45) is 4.42. The monoisotopic (exact) mass is 375 g/mol. The van der Waals surface area contributed by atoms with Gasteiger partial charge in [-0.1, -0.05) is 55.8 Å². The van der Waals surface area contributed by atoms with E-state index in [9.17, 15) is 10.2 Å². The largest absolute Gasteiger partial charge is 0.508 e. The number of aromatic hydroxyl groups is 1. The van der Waals surface area contributed by atoms with Crippen molar-refractivity contribution in [1.29, 1.82) is 0 Å². The Morgan fingerprint density at radius 2 is 1.58 bits per heavy atom. The van der Waals surface area contributed by atoms with Crippen molar-refractivity contribution in [3.8, 4) is 5.75 Å². The lowest BCUT2D eigenvalue weighted by Crippen LogP contribution is -2.42. The standard InChI is InChI=1S/C22H29NO2.ClH/c1-2-22(25,19-11-13-20(24)14-12-19)21(18-9-5-3-6-10-18)17-23-15-7-4-8-16-23;/h3,5-6,9-14,21,24-25H,2,4,7-8,15-17H2,1H3;1H. The molecule has 0 radical (unpaired) electrons. The van der Waals surface area contributed by atoms with Crippen LogP contribution in [-0.2, 0) is 5.60 Å². The molecule has 1 fully saturated rings. The third-order valence-electron chi connectivity index (χ3n) is 5.57. The topological polar surface area (TPSA) is 43.7 Å². The maximum absolute atomic E-state index is 11.7. The molecule has 3 nitrogen and oxygen atoms in total. The zero-order chi connectivity index (χ0) is 17.7. The van der Waals surface area contributed by atoms with E-state index in [1.54, 1.807) is 12.1 Å². The molecule has 2 aromatic carbocycles. The first-order chi connectivity index (χ1) is 12.1. The summed E-state index contributed by atoms with van der Waals surface area (Å²) in [5.74, 6) is 0.232. The van der Waals surface area contributed by atoms with Crippen LogP contribution in [0.15, 0.2) is 54.6 Å². The highest BCUT2D eigenvalue weighted by molar-refractivity contribution is 5.85. The van der Waals surface area contributed by atoms with Crippen molar-refractivity contribution in [2.24, 2.45) is 0 Å². The van der Waals surface area contributed by atoms with E-state index in [1.807, 2.05) is 37.3 Å². The number of aliphatic hydroxyl groups is 1. The van der Waals surface area contributed by atoms with Crippen LogP contribution in [0.3, 0.4) is 0 Å².